The molecule has 0 radical (unpaired) electrons. The van der Waals surface area contributed by atoms with Gasteiger partial charge in [0.2, 0.25) is 0 Å². The number of allylic oxidation sites excluding steroid dienone is 1. The van der Waals surface area contributed by atoms with Crippen LogP contribution in [0.2, 0.25) is 0 Å². The van der Waals surface area contributed by atoms with Crippen LogP contribution in [-0.4, -0.2) is 24.8 Å². The molecule has 0 spiro atoms. The largest absolute Gasteiger partial charge is 0.383 e. The molecule has 0 aromatic rings. The van der Waals surface area contributed by atoms with Gasteiger partial charge in [-0.15, -0.1) is 0 Å². The number of carbonyl (C=O) groups excluding carboxylic acids is 1. The Bertz CT molecular complexity index is 173. The lowest BCUT2D eigenvalue weighted by Crippen LogP contribution is -2.02. The standard InChI is InChI=1S/C12H23NO/c1-4-5-6-7-8-9-12(14)10-11-13(2)3/h10-11H,4-9H2,1-3H3. The van der Waals surface area contributed by atoms with Crippen LogP contribution in [0.25, 0.3) is 0 Å². The third-order valence-electron chi connectivity index (χ3n) is 2.09. The van der Waals surface area contributed by atoms with Crippen molar-refractivity contribution in [1.29, 1.82) is 0 Å². The Labute approximate surface area is 88.0 Å². The summed E-state index contributed by atoms with van der Waals surface area (Å²) in [4.78, 5) is 13.2. The Morgan fingerprint density at radius 3 is 2.36 bits per heavy atom. The molecule has 14 heavy (non-hydrogen) atoms. The van der Waals surface area contributed by atoms with Crippen molar-refractivity contribution in [2.75, 3.05) is 14.1 Å². The third-order valence-corrected chi connectivity index (χ3v) is 2.09. The molecule has 0 aliphatic carbocycles. The molecule has 2 nitrogen and oxygen atoms in total. The molecule has 0 N–H and O–H groups in total. The molecule has 0 saturated carbocycles. The van der Waals surface area contributed by atoms with Crippen LogP contribution in [0.4, 0.5) is 0 Å². The van der Waals surface area contributed by atoms with Crippen LogP contribution in [0, 0.1) is 0 Å². The van der Waals surface area contributed by atoms with Gasteiger partial charge >= 0.3 is 0 Å². The zero-order valence-electron chi connectivity index (χ0n) is 9.75. The Morgan fingerprint density at radius 2 is 1.79 bits per heavy atom. The molecule has 0 saturated heterocycles. The van der Waals surface area contributed by atoms with Crippen molar-refractivity contribution >= 4 is 5.78 Å². The van der Waals surface area contributed by atoms with Crippen molar-refractivity contribution in [3.05, 3.63) is 12.3 Å². The van der Waals surface area contributed by atoms with E-state index in [1.165, 1.54) is 25.7 Å². The minimum atomic E-state index is 0.246. The number of rotatable bonds is 8. The maximum absolute atomic E-state index is 11.3. The molecule has 0 unspecified atom stereocenters. The van der Waals surface area contributed by atoms with Crippen LogP contribution < -0.4 is 0 Å². The molecule has 0 aromatic heterocycles. The van der Waals surface area contributed by atoms with Crippen LogP contribution >= 0.6 is 0 Å². The molecule has 0 aromatic carbocycles. The van der Waals surface area contributed by atoms with Gasteiger partial charge in [0.05, 0.1) is 0 Å². The second-order valence-corrected chi connectivity index (χ2v) is 3.91. The van der Waals surface area contributed by atoms with Gasteiger partial charge in [-0.25, -0.2) is 0 Å². The predicted molar refractivity (Wildman–Crippen MR) is 61.2 cm³/mol. The topological polar surface area (TPSA) is 20.3 Å². The smallest absolute Gasteiger partial charge is 0.157 e. The van der Waals surface area contributed by atoms with Gasteiger partial charge in [-0.3, -0.25) is 4.79 Å². The summed E-state index contributed by atoms with van der Waals surface area (Å²) in [6.45, 7) is 2.20. The van der Waals surface area contributed by atoms with Gasteiger partial charge in [0.15, 0.2) is 5.78 Å². The van der Waals surface area contributed by atoms with E-state index in [0.29, 0.717) is 6.42 Å². The van der Waals surface area contributed by atoms with Gasteiger partial charge in [-0.1, -0.05) is 32.6 Å². The summed E-state index contributed by atoms with van der Waals surface area (Å²) in [5.74, 6) is 0.246. The lowest BCUT2D eigenvalue weighted by atomic mass is 10.1. The first-order valence-electron chi connectivity index (χ1n) is 5.54. The fourth-order valence-electron chi connectivity index (χ4n) is 1.22. The molecule has 2 heteroatoms. The van der Waals surface area contributed by atoms with Crippen molar-refractivity contribution in [2.45, 2.75) is 45.4 Å². The fourth-order valence-corrected chi connectivity index (χ4v) is 1.22. The normalized spacial score (nSPS) is 10.8. The van der Waals surface area contributed by atoms with Gasteiger partial charge in [0.25, 0.3) is 0 Å². The molecule has 0 bridgehead atoms. The summed E-state index contributed by atoms with van der Waals surface area (Å²) in [7, 11) is 3.84. The lowest BCUT2D eigenvalue weighted by molar-refractivity contribution is -0.114. The number of carbonyl (C=O) groups is 1. The molecule has 0 aliphatic rings. The maximum atomic E-state index is 11.3. The van der Waals surface area contributed by atoms with Crippen molar-refractivity contribution in [2.24, 2.45) is 0 Å². The highest BCUT2D eigenvalue weighted by atomic mass is 16.1. The second-order valence-electron chi connectivity index (χ2n) is 3.91. The van der Waals surface area contributed by atoms with Crippen LogP contribution in [0.5, 0.6) is 0 Å². The fraction of sp³-hybridized carbons (Fsp3) is 0.750. The molecule has 0 rings (SSSR count). The monoisotopic (exact) mass is 197 g/mol. The third kappa shape index (κ3) is 9.30. The summed E-state index contributed by atoms with van der Waals surface area (Å²) in [6.07, 6.45) is 10.2. The van der Waals surface area contributed by atoms with Crippen LogP contribution in [0.1, 0.15) is 45.4 Å². The van der Waals surface area contributed by atoms with Crippen molar-refractivity contribution < 1.29 is 4.79 Å². The quantitative estimate of drug-likeness (QED) is 0.440. The Balaban J connectivity index is 3.36. The highest BCUT2D eigenvalue weighted by Gasteiger charge is 1.96. The molecular formula is C12H23NO. The summed E-state index contributed by atoms with van der Waals surface area (Å²) in [5.41, 5.74) is 0. The molecule has 82 valence electrons. The molecule has 0 amide bonds. The van der Waals surface area contributed by atoms with E-state index in [2.05, 4.69) is 6.92 Å². The SMILES string of the molecule is CCCCCCCC(=O)C=CN(C)C. The van der Waals surface area contributed by atoms with Gasteiger partial charge in [0.1, 0.15) is 0 Å². The number of nitrogens with zero attached hydrogens (tertiary/aromatic N) is 1. The van der Waals surface area contributed by atoms with Crippen LogP contribution in [-0.2, 0) is 4.79 Å². The Hall–Kier alpha value is -0.790. The second kappa shape index (κ2) is 8.79. The summed E-state index contributed by atoms with van der Waals surface area (Å²) in [5, 5.41) is 0. The molecule has 0 fully saturated rings. The first-order chi connectivity index (χ1) is 6.66. The van der Waals surface area contributed by atoms with Gasteiger partial charge in [-0.2, -0.15) is 0 Å². The zero-order valence-corrected chi connectivity index (χ0v) is 9.75. The van der Waals surface area contributed by atoms with Crippen molar-refractivity contribution in [3.8, 4) is 0 Å². The average Bonchev–Trinajstić information content (AvgIpc) is 2.14. The number of unbranched alkanes of at least 4 members (excludes halogenated alkanes) is 4. The van der Waals surface area contributed by atoms with Gasteiger partial charge in [-0.05, 0) is 12.5 Å². The van der Waals surface area contributed by atoms with E-state index in [9.17, 15) is 4.79 Å². The number of hydrogen-bond donors (Lipinski definition) is 0. The van der Waals surface area contributed by atoms with E-state index in [-0.39, 0.29) is 5.78 Å². The van der Waals surface area contributed by atoms with Crippen molar-refractivity contribution in [1.82, 2.24) is 4.90 Å². The number of ketones is 1. The first kappa shape index (κ1) is 13.2. The van der Waals surface area contributed by atoms with Gasteiger partial charge < -0.3 is 4.90 Å². The van der Waals surface area contributed by atoms with E-state index >= 15 is 0 Å². The van der Waals surface area contributed by atoms with E-state index in [0.717, 1.165) is 6.42 Å². The van der Waals surface area contributed by atoms with Crippen LogP contribution in [0.15, 0.2) is 12.3 Å². The average molecular weight is 197 g/mol. The molecule has 0 heterocycles. The first-order valence-corrected chi connectivity index (χ1v) is 5.54. The van der Waals surface area contributed by atoms with E-state index in [4.69, 9.17) is 0 Å². The van der Waals surface area contributed by atoms with Gasteiger partial charge in [0, 0.05) is 26.7 Å². The Kier molecular flexibility index (Phi) is 8.30. The predicted octanol–water partition coefficient (Wildman–Crippen LogP) is 2.99. The summed E-state index contributed by atoms with van der Waals surface area (Å²) >= 11 is 0. The molecular weight excluding hydrogens is 174 g/mol. The molecule has 0 aliphatic heterocycles. The lowest BCUT2D eigenvalue weighted by Gasteiger charge is -2.02. The van der Waals surface area contributed by atoms with E-state index in [1.54, 1.807) is 6.08 Å². The van der Waals surface area contributed by atoms with E-state index < -0.39 is 0 Å². The van der Waals surface area contributed by atoms with Crippen molar-refractivity contribution in [3.63, 3.8) is 0 Å². The summed E-state index contributed by atoms with van der Waals surface area (Å²) in [6, 6.07) is 0. The maximum Gasteiger partial charge on any atom is 0.157 e. The highest BCUT2D eigenvalue weighted by molar-refractivity contribution is 5.89. The minimum absolute atomic E-state index is 0.246. The Morgan fingerprint density at radius 1 is 1.14 bits per heavy atom. The highest BCUT2D eigenvalue weighted by Crippen LogP contribution is 2.05. The summed E-state index contributed by atoms with van der Waals surface area (Å²) < 4.78 is 0. The number of hydrogen-bond acceptors (Lipinski definition) is 2. The molecule has 0 atom stereocenters. The minimum Gasteiger partial charge on any atom is -0.383 e. The van der Waals surface area contributed by atoms with E-state index in [1.807, 2.05) is 25.2 Å². The zero-order chi connectivity index (χ0) is 10.8. The van der Waals surface area contributed by atoms with Crippen LogP contribution in [0.3, 0.4) is 0 Å².